The summed E-state index contributed by atoms with van der Waals surface area (Å²) in [5, 5.41) is 12.2. The van der Waals surface area contributed by atoms with Crippen LogP contribution in [0.2, 0.25) is 0 Å². The van der Waals surface area contributed by atoms with Gasteiger partial charge in [0.05, 0.1) is 24.4 Å². The number of nitrogens with zero attached hydrogens (tertiary/aromatic N) is 2. The zero-order chi connectivity index (χ0) is 13.7. The van der Waals surface area contributed by atoms with E-state index in [1.165, 1.54) is 0 Å². The zero-order valence-corrected chi connectivity index (χ0v) is 11.2. The molecule has 1 atom stereocenters. The first-order chi connectivity index (χ1) is 9.22. The van der Waals surface area contributed by atoms with E-state index in [-0.39, 0.29) is 6.04 Å². The number of nitrogens with one attached hydrogen (secondary N) is 1. The second kappa shape index (κ2) is 6.17. The summed E-state index contributed by atoms with van der Waals surface area (Å²) < 4.78 is 5.54. The molecular formula is C15H17N3O. The van der Waals surface area contributed by atoms with Crippen LogP contribution in [-0.2, 0) is 13.0 Å². The van der Waals surface area contributed by atoms with Gasteiger partial charge in [-0.25, -0.2) is 4.98 Å². The van der Waals surface area contributed by atoms with E-state index < -0.39 is 0 Å². The molecule has 19 heavy (non-hydrogen) atoms. The highest BCUT2D eigenvalue weighted by molar-refractivity contribution is 5.34. The van der Waals surface area contributed by atoms with Crippen LogP contribution < -0.4 is 5.32 Å². The van der Waals surface area contributed by atoms with Crippen LogP contribution >= 0.6 is 0 Å². The van der Waals surface area contributed by atoms with E-state index in [1.807, 2.05) is 25.1 Å². The fraction of sp³-hybridized carbons (Fsp3) is 0.333. The summed E-state index contributed by atoms with van der Waals surface area (Å²) in [6.07, 6.45) is 2.62. The number of nitriles is 1. The number of rotatable bonds is 5. The fourth-order valence-electron chi connectivity index (χ4n) is 1.83. The van der Waals surface area contributed by atoms with Crippen LogP contribution in [-0.4, -0.2) is 4.98 Å². The minimum absolute atomic E-state index is 0.144. The molecule has 2 rings (SSSR count). The topological polar surface area (TPSA) is 61.9 Å². The van der Waals surface area contributed by atoms with Crippen LogP contribution in [0.1, 0.15) is 42.7 Å². The Balaban J connectivity index is 1.97. The van der Waals surface area contributed by atoms with Gasteiger partial charge in [-0.05, 0) is 24.6 Å². The van der Waals surface area contributed by atoms with Crippen molar-refractivity contribution in [2.75, 3.05) is 0 Å². The van der Waals surface area contributed by atoms with Gasteiger partial charge in [0.25, 0.3) is 0 Å². The van der Waals surface area contributed by atoms with E-state index in [9.17, 15) is 0 Å². The number of benzene rings is 1. The van der Waals surface area contributed by atoms with Gasteiger partial charge in [0.1, 0.15) is 5.76 Å². The fourth-order valence-corrected chi connectivity index (χ4v) is 1.83. The van der Waals surface area contributed by atoms with Crippen molar-refractivity contribution in [2.24, 2.45) is 0 Å². The molecule has 1 aromatic carbocycles. The second-order valence-corrected chi connectivity index (χ2v) is 4.41. The Kier molecular flexibility index (Phi) is 4.32. The maximum Gasteiger partial charge on any atom is 0.208 e. The van der Waals surface area contributed by atoms with Gasteiger partial charge in [0, 0.05) is 12.5 Å². The van der Waals surface area contributed by atoms with Crippen LogP contribution in [0.5, 0.6) is 0 Å². The molecule has 4 nitrogen and oxygen atoms in total. The highest BCUT2D eigenvalue weighted by Crippen LogP contribution is 2.14. The molecule has 1 aromatic heterocycles. The maximum atomic E-state index is 8.89. The van der Waals surface area contributed by atoms with Gasteiger partial charge in [0.15, 0.2) is 0 Å². The van der Waals surface area contributed by atoms with Crippen molar-refractivity contribution >= 4 is 0 Å². The first-order valence-electron chi connectivity index (χ1n) is 6.40. The van der Waals surface area contributed by atoms with E-state index in [1.54, 1.807) is 12.3 Å². The van der Waals surface area contributed by atoms with E-state index in [0.29, 0.717) is 18.0 Å². The lowest BCUT2D eigenvalue weighted by Gasteiger charge is -2.13. The summed E-state index contributed by atoms with van der Waals surface area (Å²) in [5.74, 6) is 1.59. The minimum atomic E-state index is 0.144. The standard InChI is InChI=1S/C15H17N3O/c1-3-14-9-18-15(19-14)10-17-11(2)13-6-4-5-12(7-13)8-16/h4-7,9,11,17H,3,10H2,1-2H3. The average molecular weight is 255 g/mol. The van der Waals surface area contributed by atoms with Gasteiger partial charge in [-0.2, -0.15) is 5.26 Å². The molecule has 0 fully saturated rings. The third-order valence-corrected chi connectivity index (χ3v) is 3.03. The number of aryl methyl sites for hydroxylation is 1. The average Bonchev–Trinajstić information content (AvgIpc) is 2.93. The van der Waals surface area contributed by atoms with Gasteiger partial charge in [-0.3, -0.25) is 0 Å². The van der Waals surface area contributed by atoms with Crippen LogP contribution in [0.4, 0.5) is 0 Å². The molecule has 1 heterocycles. The SMILES string of the molecule is CCc1cnc(CNC(C)c2cccc(C#N)c2)o1. The highest BCUT2D eigenvalue weighted by Gasteiger charge is 2.08. The Labute approximate surface area is 113 Å². The van der Waals surface area contributed by atoms with E-state index in [4.69, 9.17) is 9.68 Å². The molecule has 4 heteroatoms. The predicted octanol–water partition coefficient (Wildman–Crippen LogP) is 2.96. The first-order valence-corrected chi connectivity index (χ1v) is 6.40. The predicted molar refractivity (Wildman–Crippen MR) is 72.3 cm³/mol. The largest absolute Gasteiger partial charge is 0.444 e. The number of aromatic nitrogens is 1. The molecule has 0 bridgehead atoms. The molecule has 0 saturated heterocycles. The molecule has 2 aromatic rings. The molecule has 1 N–H and O–H groups in total. The van der Waals surface area contributed by atoms with Crippen molar-refractivity contribution in [3.63, 3.8) is 0 Å². The Morgan fingerprint density at radius 2 is 2.32 bits per heavy atom. The lowest BCUT2D eigenvalue weighted by molar-refractivity contribution is 0.424. The third kappa shape index (κ3) is 3.43. The second-order valence-electron chi connectivity index (χ2n) is 4.41. The van der Waals surface area contributed by atoms with Crippen LogP contribution in [0, 0.1) is 11.3 Å². The van der Waals surface area contributed by atoms with Gasteiger partial charge in [-0.1, -0.05) is 19.1 Å². The van der Waals surface area contributed by atoms with Crippen molar-refractivity contribution < 1.29 is 4.42 Å². The molecular weight excluding hydrogens is 238 g/mol. The minimum Gasteiger partial charge on any atom is -0.444 e. The molecule has 0 aliphatic heterocycles. The number of hydrogen-bond acceptors (Lipinski definition) is 4. The lowest BCUT2D eigenvalue weighted by atomic mass is 10.1. The van der Waals surface area contributed by atoms with Gasteiger partial charge >= 0.3 is 0 Å². The third-order valence-electron chi connectivity index (χ3n) is 3.03. The maximum absolute atomic E-state index is 8.89. The molecule has 0 aliphatic rings. The Morgan fingerprint density at radius 3 is 3.00 bits per heavy atom. The summed E-state index contributed by atoms with van der Waals surface area (Å²) >= 11 is 0. The van der Waals surface area contributed by atoms with Crippen LogP contribution in [0.25, 0.3) is 0 Å². The monoisotopic (exact) mass is 255 g/mol. The normalized spacial score (nSPS) is 12.1. The van der Waals surface area contributed by atoms with Gasteiger partial charge in [0.2, 0.25) is 5.89 Å². The Hall–Kier alpha value is -2.12. The van der Waals surface area contributed by atoms with Crippen molar-refractivity contribution in [1.29, 1.82) is 5.26 Å². The van der Waals surface area contributed by atoms with E-state index >= 15 is 0 Å². The molecule has 0 amide bonds. The van der Waals surface area contributed by atoms with Gasteiger partial charge < -0.3 is 9.73 Å². The van der Waals surface area contributed by atoms with E-state index in [0.717, 1.165) is 17.7 Å². The molecule has 0 saturated carbocycles. The molecule has 0 spiro atoms. The summed E-state index contributed by atoms with van der Waals surface area (Å²) in [4.78, 5) is 4.20. The van der Waals surface area contributed by atoms with Gasteiger partial charge in [-0.15, -0.1) is 0 Å². The summed E-state index contributed by atoms with van der Waals surface area (Å²) in [6.45, 7) is 4.67. The van der Waals surface area contributed by atoms with Crippen molar-refractivity contribution in [2.45, 2.75) is 32.9 Å². The van der Waals surface area contributed by atoms with Crippen molar-refractivity contribution in [3.05, 3.63) is 53.2 Å². The zero-order valence-electron chi connectivity index (χ0n) is 11.2. The van der Waals surface area contributed by atoms with E-state index in [2.05, 4.69) is 23.3 Å². The van der Waals surface area contributed by atoms with Crippen molar-refractivity contribution in [1.82, 2.24) is 10.3 Å². The molecule has 0 radical (unpaired) electrons. The smallest absolute Gasteiger partial charge is 0.208 e. The lowest BCUT2D eigenvalue weighted by Crippen LogP contribution is -2.18. The number of oxazole rings is 1. The highest BCUT2D eigenvalue weighted by atomic mass is 16.4. The van der Waals surface area contributed by atoms with Crippen LogP contribution in [0.15, 0.2) is 34.9 Å². The Morgan fingerprint density at radius 1 is 1.47 bits per heavy atom. The summed E-state index contributed by atoms with van der Waals surface area (Å²) in [6, 6.07) is 9.89. The first kappa shape index (κ1) is 13.3. The molecule has 1 unspecified atom stereocenters. The quantitative estimate of drug-likeness (QED) is 0.892. The van der Waals surface area contributed by atoms with Crippen molar-refractivity contribution in [3.8, 4) is 6.07 Å². The molecule has 98 valence electrons. The number of hydrogen-bond donors (Lipinski definition) is 1. The van der Waals surface area contributed by atoms with Crippen LogP contribution in [0.3, 0.4) is 0 Å². The molecule has 0 aliphatic carbocycles. The Bertz CT molecular complexity index is 583. The summed E-state index contributed by atoms with van der Waals surface area (Å²) in [5.41, 5.74) is 1.76. The summed E-state index contributed by atoms with van der Waals surface area (Å²) in [7, 11) is 0.